The van der Waals surface area contributed by atoms with Crippen molar-refractivity contribution in [3.63, 3.8) is 0 Å². The average Bonchev–Trinajstić information content (AvgIpc) is 3.13. The lowest BCUT2D eigenvalue weighted by atomic mass is 9.97. The van der Waals surface area contributed by atoms with Gasteiger partial charge in [0.2, 0.25) is 23.8 Å². The first-order valence-electron chi connectivity index (χ1n) is 16.4. The zero-order chi connectivity index (χ0) is 38.5. The molecule has 0 unspecified atom stereocenters. The van der Waals surface area contributed by atoms with Crippen molar-refractivity contribution in [2.24, 2.45) is 0 Å². The fraction of sp³-hybridized carbons (Fsp3) is 0.545. The van der Waals surface area contributed by atoms with Crippen LogP contribution in [-0.4, -0.2) is 167 Å². The molecule has 2 aromatic carbocycles. The third-order valence-electron chi connectivity index (χ3n) is 9.29. The van der Waals surface area contributed by atoms with Crippen LogP contribution in [0.1, 0.15) is 6.92 Å². The molecule has 292 valence electrons. The van der Waals surface area contributed by atoms with Crippen molar-refractivity contribution < 1.29 is 94.1 Å². The number of benzene rings is 2. The molecule has 20 heteroatoms. The Morgan fingerprint density at radius 1 is 0.660 bits per heavy atom. The van der Waals surface area contributed by atoms with Crippen LogP contribution in [0.25, 0.3) is 22.3 Å². The minimum Gasteiger partial charge on any atom is -0.508 e. The molecule has 0 radical (unpaired) electrons. The Morgan fingerprint density at radius 3 is 1.81 bits per heavy atom. The van der Waals surface area contributed by atoms with Gasteiger partial charge >= 0.3 is 0 Å². The summed E-state index contributed by atoms with van der Waals surface area (Å²) in [6, 6.07) is 7.30. The SMILES string of the molecule is C[C@@H]1O[C@@H](Oc2c(-c3ccc(O)cc3)oc3cc(O[C@@H]4O[C@H](CO)[C@H](O)[C@H](O)[C@H]4O)cc(O)c3c2=O)[C@H](O)[C@H](O)[C@H]1O[C@@H]1O[C@H](CO)[C@H](O)[C@H](O)[C@H]1O. The van der Waals surface area contributed by atoms with Gasteiger partial charge in [-0.2, -0.15) is 0 Å². The zero-order valence-electron chi connectivity index (χ0n) is 27.7. The standard InChI is InChI=1S/C33H40O20/c1-10-28(52-33-26(45)23(42)20(39)17(9-35)51-33)24(43)27(46)31(47-10)53-30-21(40)18-14(37)6-13(48-32-25(44)22(41)19(38)16(8-34)50-32)7-15(18)49-29(30)11-2-4-12(36)5-3-11/h2-7,10,16-17,19-20,22-28,31-39,41-46H,8-9H2,1H3/t10-,16+,17+,19-,20-,22-,23-,24-,25+,26+,27+,28-,31-,32+,33-/m0/s1. The summed E-state index contributed by atoms with van der Waals surface area (Å²) in [5.41, 5.74) is -1.18. The Labute approximate surface area is 298 Å². The highest BCUT2D eigenvalue weighted by Crippen LogP contribution is 2.39. The summed E-state index contributed by atoms with van der Waals surface area (Å²) in [5.74, 6) is -2.08. The number of aliphatic hydroxyl groups excluding tert-OH is 10. The minimum absolute atomic E-state index is 0.138. The van der Waals surface area contributed by atoms with Gasteiger partial charge in [0, 0.05) is 17.7 Å². The topological polar surface area (TPSA) is 328 Å². The van der Waals surface area contributed by atoms with Crippen molar-refractivity contribution in [1.29, 1.82) is 0 Å². The molecule has 3 fully saturated rings. The molecule has 0 bridgehead atoms. The predicted octanol–water partition coefficient (Wildman–Crippen LogP) is -3.92. The summed E-state index contributed by atoms with van der Waals surface area (Å²) in [7, 11) is 0. The van der Waals surface area contributed by atoms with Gasteiger partial charge in [0.15, 0.2) is 12.1 Å². The highest BCUT2D eigenvalue weighted by Gasteiger charge is 2.51. The van der Waals surface area contributed by atoms with Gasteiger partial charge < -0.3 is 94.1 Å². The molecule has 53 heavy (non-hydrogen) atoms. The quantitative estimate of drug-likeness (QED) is 0.0992. The molecule has 6 rings (SSSR count). The van der Waals surface area contributed by atoms with Crippen LogP contribution in [0.5, 0.6) is 23.0 Å². The van der Waals surface area contributed by atoms with Crippen LogP contribution in [0.15, 0.2) is 45.6 Å². The Bertz CT molecular complexity index is 1780. The van der Waals surface area contributed by atoms with E-state index in [1.54, 1.807) is 0 Å². The van der Waals surface area contributed by atoms with E-state index in [9.17, 15) is 66.1 Å². The molecule has 4 heterocycles. The van der Waals surface area contributed by atoms with Gasteiger partial charge in [-0.25, -0.2) is 0 Å². The molecule has 1 aromatic heterocycles. The number of phenolic OH excluding ortho intramolecular Hbond substituents is 2. The first-order valence-corrected chi connectivity index (χ1v) is 16.4. The maximum absolute atomic E-state index is 14.0. The third-order valence-corrected chi connectivity index (χ3v) is 9.29. The number of rotatable bonds is 9. The summed E-state index contributed by atoms with van der Waals surface area (Å²) in [4.78, 5) is 14.0. The molecule has 20 nitrogen and oxygen atoms in total. The maximum atomic E-state index is 14.0. The van der Waals surface area contributed by atoms with Crippen molar-refractivity contribution in [2.75, 3.05) is 13.2 Å². The van der Waals surface area contributed by atoms with Gasteiger partial charge in [-0.1, -0.05) is 0 Å². The second-order valence-electron chi connectivity index (χ2n) is 12.9. The Balaban J connectivity index is 1.31. The van der Waals surface area contributed by atoms with Crippen molar-refractivity contribution in [3.05, 3.63) is 46.6 Å². The van der Waals surface area contributed by atoms with E-state index in [4.69, 9.17) is 32.8 Å². The largest absolute Gasteiger partial charge is 0.508 e. The first-order chi connectivity index (χ1) is 25.1. The van der Waals surface area contributed by atoms with Crippen LogP contribution in [0.4, 0.5) is 0 Å². The molecule has 3 aromatic rings. The second kappa shape index (κ2) is 15.6. The van der Waals surface area contributed by atoms with Crippen LogP contribution in [0.3, 0.4) is 0 Å². The van der Waals surface area contributed by atoms with E-state index in [0.717, 1.165) is 12.1 Å². The first kappa shape index (κ1) is 39.0. The number of aromatic hydroxyl groups is 2. The Hall–Kier alpha value is -3.71. The van der Waals surface area contributed by atoms with Crippen LogP contribution in [-0.2, 0) is 18.9 Å². The van der Waals surface area contributed by atoms with Crippen molar-refractivity contribution in [1.82, 2.24) is 0 Å². The van der Waals surface area contributed by atoms with E-state index < -0.39 is 128 Å². The van der Waals surface area contributed by atoms with Gasteiger partial charge in [0.1, 0.15) is 95.4 Å². The molecule has 3 aliphatic rings. The summed E-state index contributed by atoms with van der Waals surface area (Å²) in [5, 5.41) is 123. The van der Waals surface area contributed by atoms with Gasteiger partial charge in [0.25, 0.3) is 0 Å². The predicted molar refractivity (Wildman–Crippen MR) is 171 cm³/mol. The number of aliphatic hydroxyl groups is 10. The normalized spacial score (nSPS) is 37.8. The average molecular weight is 757 g/mol. The number of ether oxygens (including phenoxy) is 6. The fourth-order valence-electron chi connectivity index (χ4n) is 6.28. The van der Waals surface area contributed by atoms with E-state index in [1.807, 2.05) is 0 Å². The van der Waals surface area contributed by atoms with E-state index in [-0.39, 0.29) is 28.4 Å². The van der Waals surface area contributed by atoms with E-state index in [0.29, 0.717) is 0 Å². The molecule has 12 N–H and O–H groups in total. The minimum atomic E-state index is -1.97. The van der Waals surface area contributed by atoms with Gasteiger partial charge in [-0.05, 0) is 31.2 Å². The van der Waals surface area contributed by atoms with E-state index in [2.05, 4.69) is 0 Å². The molecule has 0 saturated carbocycles. The van der Waals surface area contributed by atoms with Crippen LogP contribution >= 0.6 is 0 Å². The molecule has 0 amide bonds. The fourth-order valence-corrected chi connectivity index (χ4v) is 6.28. The smallest absolute Gasteiger partial charge is 0.239 e. The Kier molecular flexibility index (Phi) is 11.5. The lowest BCUT2D eigenvalue weighted by molar-refractivity contribution is -0.348. The highest BCUT2D eigenvalue weighted by atomic mass is 16.7. The third kappa shape index (κ3) is 7.39. The molecule has 15 atom stereocenters. The van der Waals surface area contributed by atoms with E-state index >= 15 is 0 Å². The van der Waals surface area contributed by atoms with Crippen LogP contribution in [0.2, 0.25) is 0 Å². The summed E-state index contributed by atoms with van der Waals surface area (Å²) >= 11 is 0. The molecule has 3 saturated heterocycles. The van der Waals surface area contributed by atoms with Crippen molar-refractivity contribution in [2.45, 2.75) is 99.0 Å². The van der Waals surface area contributed by atoms with Crippen LogP contribution < -0.4 is 14.9 Å². The van der Waals surface area contributed by atoms with Gasteiger partial charge in [0.05, 0.1) is 19.3 Å². The highest BCUT2D eigenvalue weighted by molar-refractivity contribution is 5.88. The molecule has 0 spiro atoms. The van der Waals surface area contributed by atoms with Gasteiger partial charge in [-0.3, -0.25) is 4.79 Å². The second-order valence-corrected chi connectivity index (χ2v) is 12.9. The Morgan fingerprint density at radius 2 is 1.21 bits per heavy atom. The monoisotopic (exact) mass is 756 g/mol. The maximum Gasteiger partial charge on any atom is 0.239 e. The number of phenols is 2. The summed E-state index contributed by atoms with van der Waals surface area (Å²) in [6.45, 7) is -0.0995. The molecular formula is C33H40O20. The lowest BCUT2D eigenvalue weighted by Gasteiger charge is -2.45. The number of hydrogen-bond donors (Lipinski definition) is 12. The summed E-state index contributed by atoms with van der Waals surface area (Å²) in [6.07, 6.45) is -24.8. The van der Waals surface area contributed by atoms with Crippen molar-refractivity contribution >= 4 is 11.0 Å². The number of fused-ring (bicyclic) bond motifs is 1. The molecule has 3 aliphatic heterocycles. The lowest BCUT2D eigenvalue weighted by Crippen LogP contribution is -2.64. The van der Waals surface area contributed by atoms with E-state index in [1.165, 1.54) is 31.2 Å². The molecule has 0 aliphatic carbocycles. The van der Waals surface area contributed by atoms with Gasteiger partial charge in [-0.15, -0.1) is 0 Å². The zero-order valence-corrected chi connectivity index (χ0v) is 27.7. The summed E-state index contributed by atoms with van der Waals surface area (Å²) < 4.78 is 39.5. The van der Waals surface area contributed by atoms with Crippen LogP contribution in [0, 0.1) is 0 Å². The van der Waals surface area contributed by atoms with Crippen molar-refractivity contribution in [3.8, 4) is 34.3 Å². The molecular weight excluding hydrogens is 716 g/mol. The number of hydrogen-bond acceptors (Lipinski definition) is 20.